The molecule has 0 amide bonds. The smallest absolute Gasteiger partial charge is 0.323 e. The van der Waals surface area contributed by atoms with Crippen molar-refractivity contribution in [3.63, 3.8) is 0 Å². The maximum absolute atomic E-state index is 15.3. The molecule has 4 rings (SSSR count). The Hall–Kier alpha value is -1.86. The van der Waals surface area contributed by atoms with Crippen molar-refractivity contribution in [2.24, 2.45) is 0 Å². The highest BCUT2D eigenvalue weighted by molar-refractivity contribution is 6.31. The molecular formula is C22H23Cl2FN2O3. The average molecular weight is 453 g/mol. The van der Waals surface area contributed by atoms with Gasteiger partial charge in [0.15, 0.2) is 0 Å². The molecule has 4 atom stereocenters. The van der Waals surface area contributed by atoms with E-state index < -0.39 is 40.9 Å². The number of fused-ring (bicyclic) bond motifs is 2. The van der Waals surface area contributed by atoms with Crippen LogP contribution < -0.4 is 10.6 Å². The van der Waals surface area contributed by atoms with Crippen LogP contribution in [0.3, 0.4) is 0 Å². The molecule has 2 aliphatic rings. The van der Waals surface area contributed by atoms with E-state index in [0.29, 0.717) is 10.7 Å². The third-order valence-corrected chi connectivity index (χ3v) is 6.91. The summed E-state index contributed by atoms with van der Waals surface area (Å²) in [5.74, 6) is -1.93. The molecular weight excluding hydrogens is 430 g/mol. The van der Waals surface area contributed by atoms with Gasteiger partial charge in [0.25, 0.3) is 0 Å². The van der Waals surface area contributed by atoms with Crippen molar-refractivity contribution < 1.29 is 19.0 Å². The Labute approximate surface area is 184 Å². The number of aliphatic hydroxyl groups excluding tert-OH is 1. The summed E-state index contributed by atoms with van der Waals surface area (Å²) in [5, 5.41) is 18.2. The zero-order valence-corrected chi connectivity index (χ0v) is 18.3. The van der Waals surface area contributed by atoms with Crippen molar-refractivity contribution in [1.29, 1.82) is 0 Å². The van der Waals surface area contributed by atoms with Crippen molar-refractivity contribution in [3.8, 4) is 0 Å². The van der Waals surface area contributed by atoms with Crippen molar-refractivity contribution in [2.75, 3.05) is 11.9 Å². The number of aliphatic hydroxyl groups is 1. The lowest BCUT2D eigenvalue weighted by molar-refractivity contribution is -0.146. The van der Waals surface area contributed by atoms with Gasteiger partial charge in [-0.15, -0.1) is 0 Å². The minimum Gasteiger partial charge on any atom is -0.465 e. The number of anilines is 1. The number of carbonyl (C=O) groups excluding carboxylic acids is 1. The van der Waals surface area contributed by atoms with E-state index in [1.54, 1.807) is 31.2 Å². The van der Waals surface area contributed by atoms with E-state index >= 15 is 4.39 Å². The molecule has 160 valence electrons. The van der Waals surface area contributed by atoms with Crippen molar-refractivity contribution in [2.45, 2.75) is 49.9 Å². The number of esters is 1. The second-order valence-electron chi connectivity index (χ2n) is 8.23. The second-order valence-corrected chi connectivity index (χ2v) is 9.07. The van der Waals surface area contributed by atoms with Crippen LogP contribution in [0, 0.1) is 5.82 Å². The monoisotopic (exact) mass is 452 g/mol. The molecule has 5 nitrogen and oxygen atoms in total. The molecule has 30 heavy (non-hydrogen) atoms. The molecule has 0 radical (unpaired) electrons. The summed E-state index contributed by atoms with van der Waals surface area (Å²) in [6, 6.07) is 9.05. The highest BCUT2D eigenvalue weighted by Gasteiger charge is 2.69. The maximum atomic E-state index is 15.3. The molecule has 2 aromatic carbocycles. The van der Waals surface area contributed by atoms with Crippen LogP contribution in [0.2, 0.25) is 10.0 Å². The molecule has 0 saturated carbocycles. The quantitative estimate of drug-likeness (QED) is 0.608. The van der Waals surface area contributed by atoms with Crippen LogP contribution >= 0.6 is 23.2 Å². The lowest BCUT2D eigenvalue weighted by Gasteiger charge is -2.44. The number of rotatable bonds is 3. The first-order valence-corrected chi connectivity index (χ1v) is 10.5. The molecule has 1 unspecified atom stereocenters. The van der Waals surface area contributed by atoms with Gasteiger partial charge in [0.1, 0.15) is 18.1 Å². The Balaban J connectivity index is 2.02. The summed E-state index contributed by atoms with van der Waals surface area (Å²) in [6.45, 7) is 5.67. The van der Waals surface area contributed by atoms with E-state index in [9.17, 15) is 9.90 Å². The van der Waals surface area contributed by atoms with Gasteiger partial charge in [-0.25, -0.2) is 4.39 Å². The molecule has 3 N–H and O–H groups in total. The fraction of sp³-hybridized carbons (Fsp3) is 0.409. The highest BCUT2D eigenvalue weighted by Crippen LogP contribution is 2.60. The van der Waals surface area contributed by atoms with Gasteiger partial charge >= 0.3 is 5.97 Å². The highest BCUT2D eigenvalue weighted by atomic mass is 35.5. The van der Waals surface area contributed by atoms with E-state index in [2.05, 4.69) is 10.6 Å². The fourth-order valence-corrected chi connectivity index (χ4v) is 5.63. The SMILES string of the molecule is CCOC(=O)[C@@H]1NC(C)(C)[C@]2(c3ccc(Cl)cc3NC2O)[C@H]1c1cccc(Cl)c1F. The van der Waals surface area contributed by atoms with E-state index in [0.717, 1.165) is 5.56 Å². The first-order chi connectivity index (χ1) is 14.1. The average Bonchev–Trinajstić information content (AvgIpc) is 3.10. The Bertz CT molecular complexity index is 1020. The molecule has 0 aliphatic carbocycles. The number of carbonyl (C=O) groups is 1. The van der Waals surface area contributed by atoms with E-state index in [1.165, 1.54) is 6.07 Å². The van der Waals surface area contributed by atoms with E-state index in [1.807, 2.05) is 19.9 Å². The van der Waals surface area contributed by atoms with Gasteiger partial charge in [-0.2, -0.15) is 0 Å². The topological polar surface area (TPSA) is 70.6 Å². The van der Waals surface area contributed by atoms with Gasteiger partial charge in [0.2, 0.25) is 0 Å². The van der Waals surface area contributed by atoms with Gasteiger partial charge in [0.05, 0.1) is 17.0 Å². The van der Waals surface area contributed by atoms with Gasteiger partial charge in [-0.3, -0.25) is 10.1 Å². The van der Waals surface area contributed by atoms with Crippen LogP contribution in [-0.4, -0.2) is 35.5 Å². The zero-order valence-electron chi connectivity index (χ0n) is 16.8. The summed E-state index contributed by atoms with van der Waals surface area (Å²) >= 11 is 12.3. The molecule has 0 bridgehead atoms. The lowest BCUT2D eigenvalue weighted by Crippen LogP contribution is -2.57. The number of hydrogen-bond donors (Lipinski definition) is 3. The summed E-state index contributed by atoms with van der Waals surface area (Å²) in [5.41, 5.74) is -0.303. The van der Waals surface area contributed by atoms with Crippen molar-refractivity contribution in [3.05, 3.63) is 63.4 Å². The minimum atomic E-state index is -1.11. The van der Waals surface area contributed by atoms with Crippen LogP contribution in [0.4, 0.5) is 10.1 Å². The van der Waals surface area contributed by atoms with Crippen LogP contribution in [0.25, 0.3) is 0 Å². The molecule has 1 fully saturated rings. The van der Waals surface area contributed by atoms with Crippen molar-refractivity contribution in [1.82, 2.24) is 5.32 Å². The summed E-state index contributed by atoms with van der Waals surface area (Å²) in [6.07, 6.45) is -1.11. The van der Waals surface area contributed by atoms with Crippen LogP contribution in [0.5, 0.6) is 0 Å². The molecule has 8 heteroatoms. The first kappa shape index (κ1) is 21.4. The number of nitrogens with one attached hydrogen (secondary N) is 2. The number of hydrogen-bond acceptors (Lipinski definition) is 5. The molecule has 2 aliphatic heterocycles. The van der Waals surface area contributed by atoms with Gasteiger partial charge in [-0.05, 0) is 50.1 Å². The fourth-order valence-electron chi connectivity index (χ4n) is 5.28. The Morgan fingerprint density at radius 3 is 2.70 bits per heavy atom. The van der Waals surface area contributed by atoms with Gasteiger partial charge in [-0.1, -0.05) is 41.4 Å². The molecule has 1 saturated heterocycles. The largest absolute Gasteiger partial charge is 0.465 e. The second kappa shape index (κ2) is 7.38. The number of ether oxygens (including phenoxy) is 1. The van der Waals surface area contributed by atoms with Crippen LogP contribution in [0.1, 0.15) is 37.8 Å². The Morgan fingerprint density at radius 2 is 2.00 bits per heavy atom. The predicted molar refractivity (Wildman–Crippen MR) is 115 cm³/mol. The zero-order chi connectivity index (χ0) is 21.8. The first-order valence-electron chi connectivity index (χ1n) is 9.78. The standard InChI is InChI=1S/C22H23Cl2FN2O3/c1-4-30-19(28)18-16(12-6-5-7-14(24)17(12)25)22(21(2,3)27-18)13-9-8-11(23)10-15(13)26-20(22)29/h5-10,16,18,20,26-27,29H,4H2,1-3H3/t16-,18+,20?,22+/m0/s1. The third kappa shape index (κ3) is 2.85. The summed E-state index contributed by atoms with van der Waals surface area (Å²) in [7, 11) is 0. The Kier molecular flexibility index (Phi) is 5.26. The normalized spacial score (nSPS) is 29.0. The molecule has 1 spiro atoms. The van der Waals surface area contributed by atoms with Gasteiger partial charge in [0, 0.05) is 22.2 Å². The third-order valence-electron chi connectivity index (χ3n) is 6.38. The molecule has 0 aromatic heterocycles. The summed E-state index contributed by atoms with van der Waals surface area (Å²) < 4.78 is 20.6. The number of halogens is 3. The van der Waals surface area contributed by atoms with Crippen molar-refractivity contribution >= 4 is 34.9 Å². The van der Waals surface area contributed by atoms with Crippen LogP contribution in [0.15, 0.2) is 36.4 Å². The Morgan fingerprint density at radius 1 is 1.27 bits per heavy atom. The summed E-state index contributed by atoms with van der Waals surface area (Å²) in [4.78, 5) is 13.0. The molecule has 2 heterocycles. The predicted octanol–water partition coefficient (Wildman–Crippen LogP) is 4.21. The maximum Gasteiger partial charge on any atom is 0.323 e. The lowest BCUT2D eigenvalue weighted by atomic mass is 9.59. The van der Waals surface area contributed by atoms with E-state index in [4.69, 9.17) is 27.9 Å². The molecule has 2 aromatic rings. The van der Waals surface area contributed by atoms with Crippen LogP contribution in [-0.2, 0) is 14.9 Å². The number of benzene rings is 2. The van der Waals surface area contributed by atoms with E-state index in [-0.39, 0.29) is 17.2 Å². The minimum absolute atomic E-state index is 0.0493. The van der Waals surface area contributed by atoms with Gasteiger partial charge < -0.3 is 15.2 Å².